The van der Waals surface area contributed by atoms with Crippen LogP contribution in [0.1, 0.15) is 40.6 Å². The van der Waals surface area contributed by atoms with Gasteiger partial charge in [-0.3, -0.25) is 9.59 Å². The van der Waals surface area contributed by atoms with Gasteiger partial charge in [0.15, 0.2) is 47.4 Å². The largest absolute Gasteiger partial charge is 0.508 e. The standard InChI is InChI=1S/C27H24O11/c1-12(28)35-11-22-26(13-3-5-16(30)19(7-13)34-2)37-20-8-14(4-6-18(20)36-22)27-25(33)24(32)23-17(31)9-15(29)10-21(23)38-27/h3-10,22,25-27,29-31,33H,11H2,1-2H3/t22-,25-,26+,27+/m1/s1. The maximum Gasteiger partial charge on any atom is 0.302 e. The van der Waals surface area contributed by atoms with Crippen LogP contribution in [0.25, 0.3) is 0 Å². The van der Waals surface area contributed by atoms with E-state index in [9.17, 15) is 30.0 Å². The van der Waals surface area contributed by atoms with Crippen LogP contribution in [0.4, 0.5) is 0 Å². The van der Waals surface area contributed by atoms with Gasteiger partial charge in [0, 0.05) is 24.6 Å². The molecule has 2 heterocycles. The maximum absolute atomic E-state index is 12.8. The van der Waals surface area contributed by atoms with Crippen LogP contribution in [0.15, 0.2) is 48.5 Å². The van der Waals surface area contributed by atoms with Gasteiger partial charge in [0.2, 0.25) is 5.78 Å². The van der Waals surface area contributed by atoms with Gasteiger partial charge in [-0.25, -0.2) is 0 Å². The van der Waals surface area contributed by atoms with Crippen LogP contribution in [-0.2, 0) is 9.53 Å². The number of phenolic OH excluding ortho intramolecular Hbond substituents is 3. The van der Waals surface area contributed by atoms with Crippen LogP contribution in [-0.4, -0.2) is 58.1 Å². The second-order valence-electron chi connectivity index (χ2n) is 8.82. The van der Waals surface area contributed by atoms with Crippen molar-refractivity contribution >= 4 is 11.8 Å². The number of methoxy groups -OCH3 is 1. The predicted molar refractivity (Wildman–Crippen MR) is 129 cm³/mol. The van der Waals surface area contributed by atoms with E-state index in [2.05, 4.69) is 0 Å². The Balaban J connectivity index is 1.50. The normalized spacial score (nSPS) is 21.7. The van der Waals surface area contributed by atoms with Crippen molar-refractivity contribution in [2.24, 2.45) is 0 Å². The molecule has 0 aromatic heterocycles. The van der Waals surface area contributed by atoms with Crippen molar-refractivity contribution in [3.05, 3.63) is 65.2 Å². The fourth-order valence-corrected chi connectivity index (χ4v) is 4.47. The van der Waals surface area contributed by atoms with Gasteiger partial charge >= 0.3 is 5.97 Å². The fourth-order valence-electron chi connectivity index (χ4n) is 4.47. The minimum atomic E-state index is -1.64. The molecular weight excluding hydrogens is 500 g/mol. The summed E-state index contributed by atoms with van der Waals surface area (Å²) in [4.78, 5) is 24.3. The first-order valence-electron chi connectivity index (χ1n) is 11.6. The van der Waals surface area contributed by atoms with Gasteiger partial charge in [-0.15, -0.1) is 0 Å². The molecular formula is C27H24O11. The molecule has 11 heteroatoms. The van der Waals surface area contributed by atoms with Crippen molar-refractivity contribution in [1.29, 1.82) is 0 Å². The van der Waals surface area contributed by atoms with E-state index in [1.807, 2.05) is 0 Å². The third-order valence-corrected chi connectivity index (χ3v) is 6.27. The van der Waals surface area contributed by atoms with Gasteiger partial charge in [0.05, 0.1) is 7.11 Å². The Bertz CT molecular complexity index is 1420. The molecule has 0 spiro atoms. The number of hydrogen-bond acceptors (Lipinski definition) is 11. The quantitative estimate of drug-likeness (QED) is 0.363. The molecule has 2 aliphatic rings. The Morgan fingerprint density at radius 1 is 0.868 bits per heavy atom. The summed E-state index contributed by atoms with van der Waals surface area (Å²) in [6.07, 6.45) is -4.35. The number of esters is 1. The summed E-state index contributed by atoms with van der Waals surface area (Å²) in [7, 11) is 1.41. The lowest BCUT2D eigenvalue weighted by molar-refractivity contribution is -0.145. The van der Waals surface area contributed by atoms with Gasteiger partial charge in [0.1, 0.15) is 29.4 Å². The average molecular weight is 524 g/mol. The molecule has 3 aromatic rings. The first-order chi connectivity index (χ1) is 18.2. The number of phenols is 3. The molecule has 0 bridgehead atoms. The number of hydrogen-bond donors (Lipinski definition) is 4. The van der Waals surface area contributed by atoms with E-state index in [0.29, 0.717) is 16.9 Å². The molecule has 4 atom stereocenters. The highest BCUT2D eigenvalue weighted by atomic mass is 16.6. The Hall–Kier alpha value is -4.64. The zero-order chi connectivity index (χ0) is 27.1. The highest BCUT2D eigenvalue weighted by molar-refractivity contribution is 6.05. The lowest BCUT2D eigenvalue weighted by Crippen LogP contribution is -2.38. The van der Waals surface area contributed by atoms with Crippen LogP contribution < -0.4 is 18.9 Å². The molecule has 0 saturated heterocycles. The van der Waals surface area contributed by atoms with Crippen LogP contribution in [0.3, 0.4) is 0 Å². The Kier molecular flexibility index (Phi) is 6.37. The lowest BCUT2D eigenvalue weighted by Gasteiger charge is -2.35. The zero-order valence-electron chi connectivity index (χ0n) is 20.3. The molecule has 0 aliphatic carbocycles. The molecule has 0 saturated carbocycles. The topological polar surface area (TPSA) is 161 Å². The number of ether oxygens (including phenoxy) is 5. The fraction of sp³-hybridized carbons (Fsp3) is 0.259. The second-order valence-corrected chi connectivity index (χ2v) is 8.82. The van der Waals surface area contributed by atoms with Crippen molar-refractivity contribution in [3.63, 3.8) is 0 Å². The number of carbonyl (C=O) groups excluding carboxylic acids is 2. The van der Waals surface area contributed by atoms with Crippen molar-refractivity contribution in [2.75, 3.05) is 13.7 Å². The van der Waals surface area contributed by atoms with Gasteiger partial charge in [-0.1, -0.05) is 12.1 Å². The minimum Gasteiger partial charge on any atom is -0.508 e. The van der Waals surface area contributed by atoms with E-state index >= 15 is 0 Å². The molecule has 198 valence electrons. The van der Waals surface area contributed by atoms with Crippen LogP contribution in [0.5, 0.6) is 40.2 Å². The number of fused-ring (bicyclic) bond motifs is 2. The van der Waals surface area contributed by atoms with Gasteiger partial charge in [0.25, 0.3) is 0 Å². The first-order valence-corrected chi connectivity index (χ1v) is 11.6. The van der Waals surface area contributed by atoms with E-state index in [-0.39, 0.29) is 40.9 Å². The number of Topliss-reactive ketones (excluding diaryl/α,β-unsaturated/α-hetero) is 1. The highest BCUT2D eigenvalue weighted by Crippen LogP contribution is 2.46. The van der Waals surface area contributed by atoms with E-state index in [1.54, 1.807) is 24.3 Å². The molecule has 0 amide bonds. The number of ketones is 1. The van der Waals surface area contributed by atoms with Gasteiger partial charge < -0.3 is 44.1 Å². The van der Waals surface area contributed by atoms with Crippen molar-refractivity contribution in [2.45, 2.75) is 31.3 Å². The number of aliphatic hydroxyl groups excluding tert-OH is 1. The molecule has 0 fully saturated rings. The first kappa shape index (κ1) is 25.0. The molecule has 3 aromatic carbocycles. The summed E-state index contributed by atoms with van der Waals surface area (Å²) >= 11 is 0. The molecule has 5 rings (SSSR count). The van der Waals surface area contributed by atoms with E-state index < -0.39 is 41.9 Å². The average Bonchev–Trinajstić information content (AvgIpc) is 2.88. The summed E-state index contributed by atoms with van der Waals surface area (Å²) < 4.78 is 28.5. The Morgan fingerprint density at radius 2 is 1.58 bits per heavy atom. The smallest absolute Gasteiger partial charge is 0.302 e. The lowest BCUT2D eigenvalue weighted by atomic mass is 9.92. The number of aromatic hydroxyl groups is 3. The SMILES string of the molecule is COc1cc([C@@H]2Oc3cc([C@@H]4Oc5cc(O)cc(O)c5C(=O)[C@H]4O)ccc3O[C@@H]2COC(C)=O)ccc1O. The van der Waals surface area contributed by atoms with Crippen LogP contribution in [0, 0.1) is 0 Å². The van der Waals surface area contributed by atoms with Crippen LogP contribution >= 0.6 is 0 Å². The number of rotatable bonds is 5. The summed E-state index contributed by atoms with van der Waals surface area (Å²) in [6.45, 7) is 1.16. The summed E-state index contributed by atoms with van der Waals surface area (Å²) in [6, 6.07) is 11.5. The molecule has 2 aliphatic heterocycles. The third-order valence-electron chi connectivity index (χ3n) is 6.27. The van der Waals surface area contributed by atoms with E-state index in [1.165, 1.54) is 32.2 Å². The zero-order valence-corrected chi connectivity index (χ0v) is 20.3. The summed E-state index contributed by atoms with van der Waals surface area (Å²) in [5.74, 6) is -1.44. The number of carbonyl (C=O) groups is 2. The van der Waals surface area contributed by atoms with Crippen molar-refractivity contribution in [3.8, 4) is 40.2 Å². The summed E-state index contributed by atoms with van der Waals surface area (Å²) in [5, 5.41) is 40.6. The minimum absolute atomic E-state index is 0.0716. The predicted octanol–water partition coefficient (Wildman–Crippen LogP) is 2.93. The number of benzene rings is 3. The third kappa shape index (κ3) is 4.48. The van der Waals surface area contributed by atoms with Gasteiger partial charge in [-0.2, -0.15) is 0 Å². The van der Waals surface area contributed by atoms with Crippen molar-refractivity contribution in [1.82, 2.24) is 0 Å². The van der Waals surface area contributed by atoms with Gasteiger partial charge in [-0.05, 0) is 29.8 Å². The number of aliphatic hydroxyl groups is 1. The van der Waals surface area contributed by atoms with Crippen molar-refractivity contribution < 1.29 is 53.7 Å². The highest BCUT2D eigenvalue weighted by Gasteiger charge is 2.40. The second kappa shape index (κ2) is 9.67. The maximum atomic E-state index is 12.8. The summed E-state index contributed by atoms with van der Waals surface area (Å²) in [5.41, 5.74) is 0.706. The molecule has 0 radical (unpaired) electrons. The molecule has 11 nitrogen and oxygen atoms in total. The Morgan fingerprint density at radius 3 is 2.32 bits per heavy atom. The molecule has 0 unspecified atom stereocenters. The van der Waals surface area contributed by atoms with E-state index in [4.69, 9.17) is 23.7 Å². The van der Waals surface area contributed by atoms with Crippen LogP contribution in [0.2, 0.25) is 0 Å². The van der Waals surface area contributed by atoms with E-state index in [0.717, 1.165) is 6.07 Å². The molecule has 4 N–H and O–H groups in total. The molecule has 38 heavy (non-hydrogen) atoms. The Labute approximate surface area is 216 Å². The monoisotopic (exact) mass is 524 g/mol.